The molecule has 1 N–H and O–H groups in total. The first-order valence-electron chi connectivity index (χ1n) is 7.72. The van der Waals surface area contributed by atoms with Gasteiger partial charge in [0.2, 0.25) is 5.91 Å². The predicted molar refractivity (Wildman–Crippen MR) is 103 cm³/mol. The minimum atomic E-state index is -1.01. The maximum atomic E-state index is 12.5. The Balaban J connectivity index is 1.83. The lowest BCUT2D eigenvalue weighted by Crippen LogP contribution is -2.26. The van der Waals surface area contributed by atoms with Gasteiger partial charge in [0.1, 0.15) is 4.33 Å². The van der Waals surface area contributed by atoms with E-state index in [4.69, 9.17) is 46.4 Å². The summed E-state index contributed by atoms with van der Waals surface area (Å²) in [4.78, 5) is 12.5. The molecule has 0 unspecified atom stereocenters. The zero-order valence-corrected chi connectivity index (χ0v) is 17.0. The van der Waals surface area contributed by atoms with Gasteiger partial charge in [0, 0.05) is 10.0 Å². The number of carbonyl (C=O) groups is 1. The first-order chi connectivity index (χ1) is 11.5. The molecule has 1 aliphatic carbocycles. The second-order valence-corrected chi connectivity index (χ2v) is 8.93. The lowest BCUT2D eigenvalue weighted by atomic mass is 10.1. The van der Waals surface area contributed by atoms with E-state index in [1.54, 1.807) is 23.7 Å². The van der Waals surface area contributed by atoms with Crippen LogP contribution in [0.15, 0.2) is 18.2 Å². The smallest absolute Gasteiger partial charge is 0.233 e. The van der Waals surface area contributed by atoms with Crippen molar-refractivity contribution >= 4 is 58.0 Å². The molecule has 1 aromatic heterocycles. The second-order valence-electron chi connectivity index (χ2n) is 6.61. The van der Waals surface area contributed by atoms with Crippen LogP contribution in [0.3, 0.4) is 0 Å². The molecule has 0 radical (unpaired) electrons. The summed E-state index contributed by atoms with van der Waals surface area (Å²) in [6.07, 6.45) is 0.432. The third-order valence-corrected chi connectivity index (χ3v) is 6.40. The number of aryl methyl sites for hydroxylation is 1. The van der Waals surface area contributed by atoms with Crippen LogP contribution >= 0.6 is 46.4 Å². The third kappa shape index (κ3) is 3.37. The average Bonchev–Trinajstić information content (AvgIpc) is 2.93. The zero-order chi connectivity index (χ0) is 18.6. The van der Waals surface area contributed by atoms with Gasteiger partial charge in [-0.1, -0.05) is 29.3 Å². The van der Waals surface area contributed by atoms with E-state index < -0.39 is 9.75 Å². The fraction of sp³-hybridized carbons (Fsp3) is 0.412. The summed E-state index contributed by atoms with van der Waals surface area (Å²) in [7, 11) is 0. The van der Waals surface area contributed by atoms with Gasteiger partial charge in [-0.05, 0) is 44.9 Å². The number of anilines is 1. The third-order valence-electron chi connectivity index (χ3n) is 4.71. The van der Waals surface area contributed by atoms with Gasteiger partial charge in [-0.2, -0.15) is 5.10 Å². The summed E-state index contributed by atoms with van der Waals surface area (Å²) in [6, 6.07) is 5.34. The number of halogens is 4. The molecule has 0 saturated heterocycles. The van der Waals surface area contributed by atoms with E-state index in [2.05, 4.69) is 10.4 Å². The SMILES string of the molecule is Cc1nn(Cc2ccc(Cl)cc2Cl)c(C)c1NC(=O)[C@]1(C)CC1(Cl)Cl. The minimum absolute atomic E-state index is 0.201. The standard InChI is InChI=1S/C17H17Cl4N3O/c1-9-14(22-15(25)16(3)8-17(16,20)21)10(2)24(23-9)7-11-4-5-12(18)6-13(11)19/h4-6H,7-8H2,1-3H3,(H,22,25)/t16-/m0/s1. The summed E-state index contributed by atoms with van der Waals surface area (Å²) in [5, 5.41) is 8.58. The number of aromatic nitrogens is 2. The molecule has 1 heterocycles. The van der Waals surface area contributed by atoms with Crippen molar-refractivity contribution in [1.82, 2.24) is 9.78 Å². The molecule has 8 heteroatoms. The van der Waals surface area contributed by atoms with Gasteiger partial charge in [0.25, 0.3) is 0 Å². The average molecular weight is 421 g/mol. The number of hydrogen-bond acceptors (Lipinski definition) is 2. The van der Waals surface area contributed by atoms with E-state index in [9.17, 15) is 4.79 Å². The van der Waals surface area contributed by atoms with Crippen LogP contribution in [-0.2, 0) is 11.3 Å². The molecule has 1 aliphatic rings. The second kappa shape index (κ2) is 6.34. The van der Waals surface area contributed by atoms with Crippen molar-refractivity contribution < 1.29 is 4.79 Å². The Morgan fingerprint density at radius 3 is 2.52 bits per heavy atom. The van der Waals surface area contributed by atoms with Crippen molar-refractivity contribution in [1.29, 1.82) is 0 Å². The van der Waals surface area contributed by atoms with Gasteiger partial charge < -0.3 is 5.32 Å². The van der Waals surface area contributed by atoms with Crippen LogP contribution in [0.2, 0.25) is 10.0 Å². The molecule has 1 amide bonds. The van der Waals surface area contributed by atoms with Crippen molar-refractivity contribution in [3.63, 3.8) is 0 Å². The Hall–Kier alpha value is -0.940. The van der Waals surface area contributed by atoms with Crippen LogP contribution in [0.25, 0.3) is 0 Å². The molecule has 1 aromatic carbocycles. The van der Waals surface area contributed by atoms with E-state index in [-0.39, 0.29) is 5.91 Å². The number of rotatable bonds is 4. The maximum Gasteiger partial charge on any atom is 0.233 e. The number of alkyl halides is 2. The topological polar surface area (TPSA) is 46.9 Å². The molecule has 25 heavy (non-hydrogen) atoms. The van der Waals surface area contributed by atoms with Gasteiger partial charge in [-0.25, -0.2) is 0 Å². The number of amides is 1. The van der Waals surface area contributed by atoms with E-state index in [1.165, 1.54) is 0 Å². The van der Waals surface area contributed by atoms with Crippen molar-refractivity contribution in [2.45, 2.75) is 38.1 Å². The van der Waals surface area contributed by atoms with E-state index in [0.29, 0.717) is 28.7 Å². The summed E-state index contributed by atoms with van der Waals surface area (Å²) < 4.78 is 0.787. The highest BCUT2D eigenvalue weighted by Gasteiger charge is 2.68. The molecule has 1 atom stereocenters. The van der Waals surface area contributed by atoms with Gasteiger partial charge in [-0.15, -0.1) is 23.2 Å². The van der Waals surface area contributed by atoms with Crippen LogP contribution < -0.4 is 5.32 Å². The highest BCUT2D eigenvalue weighted by molar-refractivity contribution is 6.53. The number of nitrogens with zero attached hydrogens (tertiary/aromatic N) is 2. The number of benzene rings is 1. The van der Waals surface area contributed by atoms with Gasteiger partial charge >= 0.3 is 0 Å². The molecule has 1 saturated carbocycles. The molecular weight excluding hydrogens is 404 g/mol. The quantitative estimate of drug-likeness (QED) is 0.675. The normalized spacial score (nSPS) is 21.2. The molecule has 134 valence electrons. The first kappa shape index (κ1) is 18.8. The fourth-order valence-electron chi connectivity index (χ4n) is 2.74. The number of nitrogens with one attached hydrogen (secondary N) is 1. The monoisotopic (exact) mass is 419 g/mol. The Labute approximate surface area is 166 Å². The fourth-order valence-corrected chi connectivity index (χ4v) is 3.92. The molecule has 0 aliphatic heterocycles. The molecule has 3 rings (SSSR count). The highest BCUT2D eigenvalue weighted by atomic mass is 35.5. The first-order valence-corrected chi connectivity index (χ1v) is 9.23. The van der Waals surface area contributed by atoms with E-state index in [0.717, 1.165) is 17.0 Å². The van der Waals surface area contributed by atoms with E-state index >= 15 is 0 Å². The van der Waals surface area contributed by atoms with Crippen molar-refractivity contribution in [2.75, 3.05) is 5.32 Å². The Bertz CT molecular complexity index is 862. The van der Waals surface area contributed by atoms with Crippen molar-refractivity contribution in [2.24, 2.45) is 5.41 Å². The summed E-state index contributed by atoms with van der Waals surface area (Å²) in [6.45, 7) is 5.96. The maximum absolute atomic E-state index is 12.5. The van der Waals surface area contributed by atoms with E-state index in [1.807, 2.05) is 19.9 Å². The van der Waals surface area contributed by atoms with Crippen LogP contribution in [-0.4, -0.2) is 20.0 Å². The molecule has 4 nitrogen and oxygen atoms in total. The van der Waals surface area contributed by atoms with Crippen molar-refractivity contribution in [3.8, 4) is 0 Å². The van der Waals surface area contributed by atoms with Gasteiger partial charge in [0.15, 0.2) is 0 Å². The predicted octanol–water partition coefficient (Wildman–Crippen LogP) is 5.38. The minimum Gasteiger partial charge on any atom is -0.322 e. The molecule has 2 aromatic rings. The van der Waals surface area contributed by atoms with Crippen LogP contribution in [0.4, 0.5) is 5.69 Å². The molecule has 0 spiro atoms. The largest absolute Gasteiger partial charge is 0.322 e. The molecule has 0 bridgehead atoms. The van der Waals surface area contributed by atoms with Crippen molar-refractivity contribution in [3.05, 3.63) is 45.2 Å². The Morgan fingerprint density at radius 1 is 1.32 bits per heavy atom. The van der Waals surface area contributed by atoms with Gasteiger partial charge in [0.05, 0.1) is 29.0 Å². The number of carbonyl (C=O) groups excluding carboxylic acids is 1. The zero-order valence-electron chi connectivity index (χ0n) is 14.0. The Kier molecular flexibility index (Phi) is 4.78. The molecule has 1 fully saturated rings. The summed E-state index contributed by atoms with van der Waals surface area (Å²) in [5.41, 5.74) is 2.33. The van der Waals surface area contributed by atoms with Crippen LogP contribution in [0, 0.1) is 19.3 Å². The van der Waals surface area contributed by atoms with Crippen LogP contribution in [0.5, 0.6) is 0 Å². The molecular formula is C17H17Cl4N3O. The lowest BCUT2D eigenvalue weighted by Gasteiger charge is -2.13. The summed E-state index contributed by atoms with van der Waals surface area (Å²) in [5.74, 6) is -0.201. The highest BCUT2D eigenvalue weighted by Crippen LogP contribution is 2.64. The lowest BCUT2D eigenvalue weighted by molar-refractivity contribution is -0.120. The summed E-state index contributed by atoms with van der Waals surface area (Å²) >= 11 is 24.4. The van der Waals surface area contributed by atoms with Gasteiger partial charge in [-0.3, -0.25) is 9.48 Å². The number of hydrogen-bond donors (Lipinski definition) is 1. The Morgan fingerprint density at radius 2 is 1.96 bits per heavy atom. The van der Waals surface area contributed by atoms with Crippen LogP contribution in [0.1, 0.15) is 30.3 Å².